The van der Waals surface area contributed by atoms with Gasteiger partial charge in [0, 0.05) is 39.2 Å². The molecule has 0 amide bonds. The van der Waals surface area contributed by atoms with Crippen molar-refractivity contribution in [3.05, 3.63) is 35.4 Å². The minimum absolute atomic E-state index is 0.272. The Labute approximate surface area is 111 Å². The number of ether oxygens (including phenoxy) is 2. The van der Waals surface area contributed by atoms with Gasteiger partial charge < -0.3 is 15.2 Å². The van der Waals surface area contributed by atoms with Crippen LogP contribution in [0.5, 0.6) is 0 Å². The highest BCUT2D eigenvalue weighted by atomic mass is 19.2. The van der Waals surface area contributed by atoms with Crippen LogP contribution in [0, 0.1) is 11.6 Å². The van der Waals surface area contributed by atoms with Crippen LogP contribution in [-0.4, -0.2) is 32.0 Å². The second-order valence-corrected chi connectivity index (χ2v) is 4.94. The molecule has 106 valence electrons. The Morgan fingerprint density at radius 3 is 2.58 bits per heavy atom. The van der Waals surface area contributed by atoms with E-state index in [1.165, 1.54) is 6.07 Å². The quantitative estimate of drug-likeness (QED) is 0.911. The van der Waals surface area contributed by atoms with E-state index in [1.807, 2.05) is 0 Å². The van der Waals surface area contributed by atoms with Gasteiger partial charge in [0.15, 0.2) is 11.6 Å². The monoisotopic (exact) mass is 271 g/mol. The van der Waals surface area contributed by atoms with Gasteiger partial charge >= 0.3 is 0 Å². The highest BCUT2D eigenvalue weighted by molar-refractivity contribution is 5.19. The Morgan fingerprint density at radius 2 is 2.00 bits per heavy atom. The lowest BCUT2D eigenvalue weighted by Gasteiger charge is -2.40. The zero-order valence-electron chi connectivity index (χ0n) is 11.0. The van der Waals surface area contributed by atoms with Gasteiger partial charge in [-0.25, -0.2) is 8.78 Å². The third-order valence-electron chi connectivity index (χ3n) is 3.86. The Hall–Kier alpha value is -1.04. The Balaban J connectivity index is 2.10. The van der Waals surface area contributed by atoms with Crippen molar-refractivity contribution >= 4 is 0 Å². The fourth-order valence-electron chi connectivity index (χ4n) is 2.55. The molecule has 1 aromatic rings. The molecule has 1 aliphatic rings. The third kappa shape index (κ3) is 3.11. The number of methoxy groups -OCH3 is 1. The molecule has 1 aliphatic heterocycles. The van der Waals surface area contributed by atoms with E-state index in [4.69, 9.17) is 15.2 Å². The van der Waals surface area contributed by atoms with E-state index in [1.54, 1.807) is 13.2 Å². The molecule has 1 aromatic carbocycles. The molecule has 3 nitrogen and oxygen atoms in total. The van der Waals surface area contributed by atoms with Gasteiger partial charge in [-0.05, 0) is 24.1 Å². The summed E-state index contributed by atoms with van der Waals surface area (Å²) in [5, 5.41) is 0. The van der Waals surface area contributed by atoms with Crippen LogP contribution < -0.4 is 5.73 Å². The molecule has 5 heteroatoms. The van der Waals surface area contributed by atoms with Crippen LogP contribution in [0.1, 0.15) is 18.4 Å². The minimum atomic E-state index is -0.844. The summed E-state index contributed by atoms with van der Waals surface area (Å²) in [4.78, 5) is 0. The molecule has 0 aromatic heterocycles. The predicted molar refractivity (Wildman–Crippen MR) is 67.8 cm³/mol. The number of hydrogen-bond donors (Lipinski definition) is 1. The first-order chi connectivity index (χ1) is 9.07. The van der Waals surface area contributed by atoms with Crippen LogP contribution >= 0.6 is 0 Å². The predicted octanol–water partition coefficient (Wildman–Crippen LogP) is 2.03. The van der Waals surface area contributed by atoms with Crippen molar-refractivity contribution < 1.29 is 18.3 Å². The van der Waals surface area contributed by atoms with Gasteiger partial charge in [0.1, 0.15) is 0 Å². The van der Waals surface area contributed by atoms with E-state index >= 15 is 0 Å². The van der Waals surface area contributed by atoms with Crippen molar-refractivity contribution in [2.24, 2.45) is 5.73 Å². The summed E-state index contributed by atoms with van der Waals surface area (Å²) in [6.45, 7) is 1.22. The zero-order valence-corrected chi connectivity index (χ0v) is 11.0. The zero-order chi connectivity index (χ0) is 13.9. The summed E-state index contributed by atoms with van der Waals surface area (Å²) in [5.74, 6) is -1.69. The van der Waals surface area contributed by atoms with Gasteiger partial charge in [0.25, 0.3) is 0 Å². The highest BCUT2D eigenvalue weighted by Crippen LogP contribution is 2.29. The van der Waals surface area contributed by atoms with Gasteiger partial charge in [-0.15, -0.1) is 0 Å². The van der Waals surface area contributed by atoms with E-state index in [2.05, 4.69) is 0 Å². The van der Waals surface area contributed by atoms with Crippen molar-refractivity contribution in [3.63, 3.8) is 0 Å². The molecular formula is C14H19F2NO2. The van der Waals surface area contributed by atoms with Crippen LogP contribution in [0.15, 0.2) is 18.2 Å². The van der Waals surface area contributed by atoms with Gasteiger partial charge in [-0.3, -0.25) is 0 Å². The van der Waals surface area contributed by atoms with Crippen molar-refractivity contribution in [2.45, 2.75) is 30.9 Å². The van der Waals surface area contributed by atoms with Crippen LogP contribution in [0.25, 0.3) is 0 Å². The number of hydrogen-bond acceptors (Lipinski definition) is 3. The van der Waals surface area contributed by atoms with E-state index in [0.29, 0.717) is 38.0 Å². The van der Waals surface area contributed by atoms with Crippen molar-refractivity contribution in [2.75, 3.05) is 20.3 Å². The van der Waals surface area contributed by atoms with Crippen LogP contribution in [0.2, 0.25) is 0 Å². The van der Waals surface area contributed by atoms with E-state index in [0.717, 1.165) is 6.07 Å². The Kier molecular flexibility index (Phi) is 4.50. The molecular weight excluding hydrogens is 252 g/mol. The van der Waals surface area contributed by atoms with Crippen molar-refractivity contribution in [1.82, 2.24) is 0 Å². The van der Waals surface area contributed by atoms with Crippen LogP contribution in [0.3, 0.4) is 0 Å². The number of nitrogens with two attached hydrogens (primary N) is 1. The molecule has 1 atom stereocenters. The first-order valence-corrected chi connectivity index (χ1v) is 6.40. The normalized spacial score (nSPS) is 20.2. The number of benzene rings is 1. The fraction of sp³-hybridized carbons (Fsp3) is 0.571. The van der Waals surface area contributed by atoms with Gasteiger partial charge in [0.2, 0.25) is 0 Å². The molecule has 0 saturated carbocycles. The van der Waals surface area contributed by atoms with Gasteiger partial charge in [-0.1, -0.05) is 6.07 Å². The average molecular weight is 271 g/mol. The van der Waals surface area contributed by atoms with E-state index in [9.17, 15) is 8.78 Å². The molecule has 1 fully saturated rings. The molecule has 0 spiro atoms. The molecule has 2 rings (SSSR count). The van der Waals surface area contributed by atoms with Crippen molar-refractivity contribution in [3.8, 4) is 0 Å². The van der Waals surface area contributed by atoms with Gasteiger partial charge in [-0.2, -0.15) is 0 Å². The maximum atomic E-state index is 13.2. The molecule has 1 saturated heterocycles. The van der Waals surface area contributed by atoms with Crippen LogP contribution in [0.4, 0.5) is 8.78 Å². The second-order valence-electron chi connectivity index (χ2n) is 4.94. The summed E-state index contributed by atoms with van der Waals surface area (Å²) < 4.78 is 37.0. The van der Waals surface area contributed by atoms with Crippen LogP contribution in [-0.2, 0) is 15.9 Å². The molecule has 0 radical (unpaired) electrons. The molecule has 19 heavy (non-hydrogen) atoms. The average Bonchev–Trinajstić information content (AvgIpc) is 2.43. The highest BCUT2D eigenvalue weighted by Gasteiger charge is 2.38. The molecule has 0 bridgehead atoms. The SMILES string of the molecule is COC1(C(N)Cc2ccc(F)c(F)c2)CCOCC1. The standard InChI is InChI=1S/C14H19F2NO2/c1-18-14(4-6-19-7-5-14)13(17)9-10-2-3-11(15)12(16)8-10/h2-3,8,13H,4-7,9,17H2,1H3. The smallest absolute Gasteiger partial charge is 0.159 e. The summed E-state index contributed by atoms with van der Waals surface area (Å²) in [5.41, 5.74) is 6.45. The topological polar surface area (TPSA) is 44.5 Å². The molecule has 0 aliphatic carbocycles. The summed E-state index contributed by atoms with van der Waals surface area (Å²) in [7, 11) is 1.64. The lowest BCUT2D eigenvalue weighted by Crippen LogP contribution is -2.53. The Bertz CT molecular complexity index is 433. The largest absolute Gasteiger partial charge is 0.381 e. The van der Waals surface area contributed by atoms with E-state index < -0.39 is 17.2 Å². The first kappa shape index (κ1) is 14.4. The molecule has 1 unspecified atom stereocenters. The van der Waals surface area contributed by atoms with E-state index in [-0.39, 0.29) is 6.04 Å². The summed E-state index contributed by atoms with van der Waals surface area (Å²) in [6, 6.07) is 3.60. The van der Waals surface area contributed by atoms with Crippen molar-refractivity contribution in [1.29, 1.82) is 0 Å². The first-order valence-electron chi connectivity index (χ1n) is 6.40. The lowest BCUT2D eigenvalue weighted by molar-refractivity contribution is -0.103. The fourth-order valence-corrected chi connectivity index (χ4v) is 2.55. The lowest BCUT2D eigenvalue weighted by atomic mass is 9.83. The van der Waals surface area contributed by atoms with Gasteiger partial charge in [0.05, 0.1) is 5.60 Å². The minimum Gasteiger partial charge on any atom is -0.381 e. The molecule has 2 N–H and O–H groups in total. The number of halogens is 2. The number of rotatable bonds is 4. The maximum Gasteiger partial charge on any atom is 0.159 e. The summed E-state index contributed by atoms with van der Waals surface area (Å²) >= 11 is 0. The third-order valence-corrected chi connectivity index (χ3v) is 3.86. The second kappa shape index (κ2) is 5.94. The maximum absolute atomic E-state index is 13.2. The summed E-state index contributed by atoms with van der Waals surface area (Å²) in [6.07, 6.45) is 1.88. The Morgan fingerprint density at radius 1 is 1.32 bits per heavy atom. The molecule has 1 heterocycles.